The smallest absolute Gasteiger partial charge is 0.0662 e. The van der Waals surface area contributed by atoms with E-state index < -0.39 is 0 Å². The molecule has 1 aromatic rings. The van der Waals surface area contributed by atoms with E-state index in [4.69, 9.17) is 0 Å². The van der Waals surface area contributed by atoms with E-state index in [1.807, 2.05) is 24.7 Å². The Morgan fingerprint density at radius 1 is 1.69 bits per heavy atom. The van der Waals surface area contributed by atoms with Gasteiger partial charge in [-0.2, -0.15) is 5.10 Å². The molecule has 0 saturated carbocycles. The summed E-state index contributed by atoms with van der Waals surface area (Å²) in [5.41, 5.74) is 1.13. The van der Waals surface area contributed by atoms with E-state index in [1.54, 1.807) is 6.20 Å². The average molecular weight is 183 g/mol. The summed E-state index contributed by atoms with van der Waals surface area (Å²) in [6.45, 7) is 3.37. The maximum atomic E-state index is 9.27. The molecule has 13 heavy (non-hydrogen) atoms. The van der Waals surface area contributed by atoms with Crippen LogP contribution in [0.5, 0.6) is 0 Å². The van der Waals surface area contributed by atoms with Crippen molar-refractivity contribution in [3.63, 3.8) is 0 Å². The normalized spacial score (nSPS) is 13.2. The molecule has 1 unspecified atom stereocenters. The second-order valence-electron chi connectivity index (χ2n) is 3.14. The van der Waals surface area contributed by atoms with Crippen molar-refractivity contribution in [3.8, 4) is 0 Å². The summed E-state index contributed by atoms with van der Waals surface area (Å²) in [7, 11) is 1.91. The number of nitrogens with one attached hydrogen (secondary N) is 1. The third-order valence-electron chi connectivity index (χ3n) is 2.08. The van der Waals surface area contributed by atoms with Crippen molar-refractivity contribution in [1.29, 1.82) is 0 Å². The highest BCUT2D eigenvalue weighted by molar-refractivity contribution is 4.99. The first-order chi connectivity index (χ1) is 6.24. The highest BCUT2D eigenvalue weighted by Gasteiger charge is 2.01. The summed E-state index contributed by atoms with van der Waals surface area (Å²) in [6.07, 6.45) is 2.32. The maximum absolute atomic E-state index is 9.27. The summed E-state index contributed by atoms with van der Waals surface area (Å²) in [5, 5.41) is 16.5. The molecular formula is C9H17N3O. The number of aromatic nitrogens is 2. The molecule has 1 heterocycles. The van der Waals surface area contributed by atoms with Crippen molar-refractivity contribution in [2.75, 3.05) is 6.54 Å². The lowest BCUT2D eigenvalue weighted by atomic mass is 10.3. The molecular weight excluding hydrogens is 166 g/mol. The summed E-state index contributed by atoms with van der Waals surface area (Å²) in [4.78, 5) is 0. The van der Waals surface area contributed by atoms with Gasteiger partial charge in [0.15, 0.2) is 0 Å². The first-order valence-corrected chi connectivity index (χ1v) is 4.59. The molecule has 0 spiro atoms. The number of rotatable bonds is 5. The van der Waals surface area contributed by atoms with Gasteiger partial charge in [-0.1, -0.05) is 6.92 Å². The first-order valence-electron chi connectivity index (χ1n) is 4.59. The van der Waals surface area contributed by atoms with Crippen LogP contribution in [0.25, 0.3) is 0 Å². The second kappa shape index (κ2) is 4.99. The molecule has 0 aliphatic heterocycles. The van der Waals surface area contributed by atoms with Gasteiger partial charge >= 0.3 is 0 Å². The third kappa shape index (κ3) is 3.16. The third-order valence-corrected chi connectivity index (χ3v) is 2.08. The predicted octanol–water partition coefficient (Wildman–Crippen LogP) is 0.281. The molecule has 0 aliphatic rings. The lowest BCUT2D eigenvalue weighted by Crippen LogP contribution is -2.26. The Morgan fingerprint density at radius 2 is 2.46 bits per heavy atom. The van der Waals surface area contributed by atoms with Gasteiger partial charge in [-0.3, -0.25) is 4.68 Å². The molecule has 74 valence electrons. The number of aryl methyl sites for hydroxylation is 1. The number of aliphatic hydroxyl groups excluding tert-OH is 1. The van der Waals surface area contributed by atoms with Gasteiger partial charge in [0.2, 0.25) is 0 Å². The summed E-state index contributed by atoms with van der Waals surface area (Å²) in [5.74, 6) is 0. The molecule has 1 rings (SSSR count). The Morgan fingerprint density at radius 3 is 3.00 bits per heavy atom. The standard InChI is InChI=1S/C9H17N3O/c1-3-9(13)7-10-6-8-4-5-11-12(8)2/h4-5,9-10,13H,3,6-7H2,1-2H3. The topological polar surface area (TPSA) is 50.1 Å². The van der Waals surface area contributed by atoms with Crippen LogP contribution in [-0.2, 0) is 13.6 Å². The lowest BCUT2D eigenvalue weighted by Gasteiger charge is -2.09. The fourth-order valence-electron chi connectivity index (χ4n) is 1.09. The van der Waals surface area contributed by atoms with E-state index in [9.17, 15) is 5.11 Å². The van der Waals surface area contributed by atoms with E-state index in [2.05, 4.69) is 10.4 Å². The average Bonchev–Trinajstić information content (AvgIpc) is 2.52. The van der Waals surface area contributed by atoms with Crippen molar-refractivity contribution in [3.05, 3.63) is 18.0 Å². The number of nitrogens with zero attached hydrogens (tertiary/aromatic N) is 2. The van der Waals surface area contributed by atoms with Crippen LogP contribution in [0.15, 0.2) is 12.3 Å². The van der Waals surface area contributed by atoms with Crippen molar-refractivity contribution in [2.24, 2.45) is 7.05 Å². The SMILES string of the molecule is CCC(O)CNCc1ccnn1C. The molecule has 0 aromatic carbocycles. The first kappa shape index (κ1) is 10.2. The highest BCUT2D eigenvalue weighted by Crippen LogP contribution is 1.95. The largest absolute Gasteiger partial charge is 0.392 e. The van der Waals surface area contributed by atoms with E-state index in [1.165, 1.54) is 0 Å². The minimum absolute atomic E-state index is 0.242. The van der Waals surface area contributed by atoms with Crippen molar-refractivity contribution >= 4 is 0 Å². The van der Waals surface area contributed by atoms with Crippen molar-refractivity contribution < 1.29 is 5.11 Å². The van der Waals surface area contributed by atoms with Gasteiger partial charge in [0.1, 0.15) is 0 Å². The zero-order chi connectivity index (χ0) is 9.68. The zero-order valence-corrected chi connectivity index (χ0v) is 8.20. The van der Waals surface area contributed by atoms with Crippen LogP contribution < -0.4 is 5.32 Å². The minimum atomic E-state index is -0.242. The number of aliphatic hydroxyl groups is 1. The molecule has 0 aliphatic carbocycles. The molecule has 0 saturated heterocycles. The quantitative estimate of drug-likeness (QED) is 0.689. The van der Waals surface area contributed by atoms with Crippen LogP contribution in [0.1, 0.15) is 19.0 Å². The summed E-state index contributed by atoms with van der Waals surface area (Å²) >= 11 is 0. The Balaban J connectivity index is 2.24. The van der Waals surface area contributed by atoms with Gasteiger partial charge in [-0.15, -0.1) is 0 Å². The number of hydrogen-bond donors (Lipinski definition) is 2. The Kier molecular flexibility index (Phi) is 3.92. The van der Waals surface area contributed by atoms with Crippen LogP contribution in [-0.4, -0.2) is 27.5 Å². The molecule has 0 amide bonds. The molecule has 0 radical (unpaired) electrons. The van der Waals surface area contributed by atoms with E-state index in [0.717, 1.165) is 18.7 Å². The van der Waals surface area contributed by atoms with Gasteiger partial charge < -0.3 is 10.4 Å². The van der Waals surface area contributed by atoms with E-state index in [0.29, 0.717) is 6.54 Å². The Labute approximate surface area is 78.6 Å². The molecule has 0 bridgehead atoms. The maximum Gasteiger partial charge on any atom is 0.0662 e. The van der Waals surface area contributed by atoms with Crippen molar-refractivity contribution in [2.45, 2.75) is 26.0 Å². The van der Waals surface area contributed by atoms with Crippen LogP contribution >= 0.6 is 0 Å². The fraction of sp³-hybridized carbons (Fsp3) is 0.667. The Hall–Kier alpha value is -0.870. The predicted molar refractivity (Wildman–Crippen MR) is 51.2 cm³/mol. The molecule has 4 heteroatoms. The Bertz CT molecular complexity index is 247. The van der Waals surface area contributed by atoms with Gasteiger partial charge in [-0.25, -0.2) is 0 Å². The van der Waals surface area contributed by atoms with Crippen LogP contribution in [0.4, 0.5) is 0 Å². The fourth-order valence-corrected chi connectivity index (χ4v) is 1.09. The summed E-state index contributed by atoms with van der Waals surface area (Å²) < 4.78 is 1.82. The highest BCUT2D eigenvalue weighted by atomic mass is 16.3. The minimum Gasteiger partial charge on any atom is -0.392 e. The molecule has 1 aromatic heterocycles. The lowest BCUT2D eigenvalue weighted by molar-refractivity contribution is 0.167. The summed E-state index contributed by atoms with van der Waals surface area (Å²) in [6, 6.07) is 1.96. The van der Waals surface area contributed by atoms with Gasteiger partial charge in [0, 0.05) is 26.3 Å². The monoisotopic (exact) mass is 183 g/mol. The van der Waals surface area contributed by atoms with Crippen LogP contribution in [0.2, 0.25) is 0 Å². The van der Waals surface area contributed by atoms with E-state index >= 15 is 0 Å². The van der Waals surface area contributed by atoms with Crippen LogP contribution in [0.3, 0.4) is 0 Å². The van der Waals surface area contributed by atoms with Crippen LogP contribution in [0, 0.1) is 0 Å². The van der Waals surface area contributed by atoms with Gasteiger partial charge in [0.25, 0.3) is 0 Å². The molecule has 4 nitrogen and oxygen atoms in total. The molecule has 1 atom stereocenters. The van der Waals surface area contributed by atoms with Gasteiger partial charge in [0.05, 0.1) is 11.8 Å². The van der Waals surface area contributed by atoms with E-state index in [-0.39, 0.29) is 6.10 Å². The molecule has 0 fully saturated rings. The molecule has 2 N–H and O–H groups in total. The second-order valence-corrected chi connectivity index (χ2v) is 3.14. The van der Waals surface area contributed by atoms with Crippen molar-refractivity contribution in [1.82, 2.24) is 15.1 Å². The number of hydrogen-bond acceptors (Lipinski definition) is 3. The van der Waals surface area contributed by atoms with Gasteiger partial charge in [-0.05, 0) is 12.5 Å². The zero-order valence-electron chi connectivity index (χ0n) is 8.20.